The van der Waals surface area contributed by atoms with Crippen LogP contribution < -0.4 is 10.1 Å². The van der Waals surface area contributed by atoms with E-state index in [9.17, 15) is 4.79 Å². The smallest absolute Gasteiger partial charge is 0.226 e. The molecule has 1 N–H and O–H groups in total. The van der Waals surface area contributed by atoms with E-state index in [1.165, 1.54) is 6.42 Å². The third kappa shape index (κ3) is 4.50. The van der Waals surface area contributed by atoms with Crippen LogP contribution in [0.1, 0.15) is 30.4 Å². The Balaban J connectivity index is 1.32. The molecule has 5 heteroatoms. The molecule has 2 aliphatic rings. The molecular formula is C23H27ClN2O2. The Kier molecular flexibility index (Phi) is 5.88. The summed E-state index contributed by atoms with van der Waals surface area (Å²) in [7, 11) is 0. The Hall–Kier alpha value is -2.04. The first-order valence-corrected chi connectivity index (χ1v) is 10.5. The molecule has 2 saturated heterocycles. The summed E-state index contributed by atoms with van der Waals surface area (Å²) in [4.78, 5) is 14.8. The maximum Gasteiger partial charge on any atom is 0.226 e. The van der Waals surface area contributed by atoms with Crippen molar-refractivity contribution in [2.75, 3.05) is 26.2 Å². The standard InChI is InChI=1S/C23H27ClN2O2/c24-21-7-2-1-5-19(21)16-28-20-6-3-4-18(14-20)15-22(27)26-12-9-23(10-13-26)8-11-25-17-23/h1-7,14,25H,8-13,15-17H2. The Labute approximate surface area is 171 Å². The molecule has 0 aromatic heterocycles. The molecule has 0 unspecified atom stereocenters. The van der Waals surface area contributed by atoms with Gasteiger partial charge in [0.15, 0.2) is 0 Å². The lowest BCUT2D eigenvalue weighted by atomic mass is 9.78. The molecule has 2 aromatic rings. The van der Waals surface area contributed by atoms with E-state index in [-0.39, 0.29) is 5.91 Å². The minimum atomic E-state index is 0.212. The van der Waals surface area contributed by atoms with Crippen LogP contribution in [0, 0.1) is 5.41 Å². The van der Waals surface area contributed by atoms with E-state index in [2.05, 4.69) is 5.32 Å². The molecule has 4 nitrogen and oxygen atoms in total. The number of hydrogen-bond donors (Lipinski definition) is 1. The van der Waals surface area contributed by atoms with E-state index in [1.807, 2.05) is 53.4 Å². The maximum absolute atomic E-state index is 12.8. The van der Waals surface area contributed by atoms with Crippen LogP contribution in [-0.2, 0) is 17.8 Å². The highest BCUT2D eigenvalue weighted by Crippen LogP contribution is 2.37. The number of ether oxygens (including phenoxy) is 1. The highest BCUT2D eigenvalue weighted by molar-refractivity contribution is 6.31. The van der Waals surface area contributed by atoms with Crippen molar-refractivity contribution in [2.45, 2.75) is 32.3 Å². The van der Waals surface area contributed by atoms with E-state index >= 15 is 0 Å². The fourth-order valence-corrected chi connectivity index (χ4v) is 4.45. The van der Waals surface area contributed by atoms with Gasteiger partial charge >= 0.3 is 0 Å². The summed E-state index contributed by atoms with van der Waals surface area (Å²) < 4.78 is 5.89. The number of carbonyl (C=O) groups excluding carboxylic acids is 1. The largest absolute Gasteiger partial charge is 0.489 e. The number of hydrogen-bond acceptors (Lipinski definition) is 3. The third-order valence-corrected chi connectivity index (χ3v) is 6.48. The number of piperidine rings is 1. The molecule has 148 valence electrons. The zero-order valence-corrected chi connectivity index (χ0v) is 16.9. The molecule has 0 aliphatic carbocycles. The molecule has 2 aromatic carbocycles. The van der Waals surface area contributed by atoms with E-state index in [0.29, 0.717) is 23.5 Å². The van der Waals surface area contributed by atoms with E-state index in [4.69, 9.17) is 16.3 Å². The number of amides is 1. The van der Waals surface area contributed by atoms with E-state index in [1.54, 1.807) is 0 Å². The number of halogens is 1. The zero-order chi connectivity index (χ0) is 19.4. The van der Waals surface area contributed by atoms with Gasteiger partial charge in [-0.1, -0.05) is 41.9 Å². The molecule has 4 rings (SSSR count). The Morgan fingerprint density at radius 1 is 1.11 bits per heavy atom. The average molecular weight is 399 g/mol. The summed E-state index contributed by atoms with van der Waals surface area (Å²) in [5.41, 5.74) is 2.38. The van der Waals surface area contributed by atoms with Gasteiger partial charge in [0.2, 0.25) is 5.91 Å². The van der Waals surface area contributed by atoms with Crippen molar-refractivity contribution in [1.29, 1.82) is 0 Å². The van der Waals surface area contributed by atoms with Gasteiger partial charge in [0, 0.05) is 30.2 Å². The summed E-state index contributed by atoms with van der Waals surface area (Å²) in [6, 6.07) is 15.5. The van der Waals surface area contributed by atoms with Crippen LogP contribution >= 0.6 is 11.6 Å². The number of rotatable bonds is 5. The minimum absolute atomic E-state index is 0.212. The number of benzene rings is 2. The molecule has 0 radical (unpaired) electrons. The van der Waals surface area contributed by atoms with Gasteiger partial charge in [-0.15, -0.1) is 0 Å². The summed E-state index contributed by atoms with van der Waals surface area (Å²) in [5, 5.41) is 4.18. The molecular weight excluding hydrogens is 372 g/mol. The number of nitrogens with one attached hydrogen (secondary N) is 1. The van der Waals surface area contributed by atoms with Crippen molar-refractivity contribution in [3.63, 3.8) is 0 Å². The van der Waals surface area contributed by atoms with E-state index < -0.39 is 0 Å². The number of carbonyl (C=O) groups is 1. The fraction of sp³-hybridized carbons (Fsp3) is 0.435. The molecule has 2 heterocycles. The van der Waals surface area contributed by atoms with Crippen molar-refractivity contribution < 1.29 is 9.53 Å². The molecule has 1 amide bonds. The van der Waals surface area contributed by atoms with Crippen LogP contribution in [-0.4, -0.2) is 37.0 Å². The first-order chi connectivity index (χ1) is 13.6. The molecule has 0 saturated carbocycles. The minimum Gasteiger partial charge on any atom is -0.489 e. The Bertz CT molecular complexity index is 823. The van der Waals surface area contributed by atoms with Gasteiger partial charge in [0.1, 0.15) is 12.4 Å². The second-order valence-electron chi connectivity index (χ2n) is 8.01. The highest BCUT2D eigenvalue weighted by Gasteiger charge is 2.37. The highest BCUT2D eigenvalue weighted by atomic mass is 35.5. The second kappa shape index (κ2) is 8.54. The summed E-state index contributed by atoms with van der Waals surface area (Å²) in [5.74, 6) is 0.976. The molecule has 2 fully saturated rings. The first-order valence-electron chi connectivity index (χ1n) is 10.1. The SMILES string of the molecule is O=C(Cc1cccc(OCc2ccccc2Cl)c1)N1CCC2(CCNC2)CC1. The molecule has 1 spiro atoms. The van der Waals surface area contributed by atoms with Crippen LogP contribution in [0.3, 0.4) is 0 Å². The van der Waals surface area contributed by atoms with Gasteiger partial charge in [0.05, 0.1) is 6.42 Å². The van der Waals surface area contributed by atoms with Gasteiger partial charge in [-0.2, -0.15) is 0 Å². The molecule has 28 heavy (non-hydrogen) atoms. The molecule has 0 bridgehead atoms. The Morgan fingerprint density at radius 3 is 2.68 bits per heavy atom. The van der Waals surface area contributed by atoms with Crippen LogP contribution in [0.2, 0.25) is 5.02 Å². The van der Waals surface area contributed by atoms with Gasteiger partial charge in [-0.3, -0.25) is 4.79 Å². The van der Waals surface area contributed by atoms with Crippen molar-refractivity contribution in [1.82, 2.24) is 10.2 Å². The lowest BCUT2D eigenvalue weighted by Gasteiger charge is -2.39. The normalized spacial score (nSPS) is 18.4. The van der Waals surface area contributed by atoms with Crippen molar-refractivity contribution >= 4 is 17.5 Å². The summed E-state index contributed by atoms with van der Waals surface area (Å²) >= 11 is 6.19. The lowest BCUT2D eigenvalue weighted by Crippen LogP contribution is -2.44. The number of nitrogens with zero attached hydrogens (tertiary/aromatic N) is 1. The lowest BCUT2D eigenvalue weighted by molar-refractivity contribution is -0.132. The van der Waals surface area contributed by atoms with E-state index in [0.717, 1.165) is 55.9 Å². The van der Waals surface area contributed by atoms with Crippen LogP contribution in [0.5, 0.6) is 5.75 Å². The molecule has 2 aliphatic heterocycles. The van der Waals surface area contributed by atoms with Gasteiger partial charge < -0.3 is 15.0 Å². The van der Waals surface area contributed by atoms with Crippen molar-refractivity contribution in [3.05, 3.63) is 64.7 Å². The predicted molar refractivity (Wildman–Crippen MR) is 112 cm³/mol. The maximum atomic E-state index is 12.8. The monoisotopic (exact) mass is 398 g/mol. The summed E-state index contributed by atoms with van der Waals surface area (Å²) in [6.07, 6.45) is 3.91. The van der Waals surface area contributed by atoms with Crippen molar-refractivity contribution in [3.8, 4) is 5.75 Å². The van der Waals surface area contributed by atoms with Gasteiger partial charge in [-0.05, 0) is 55.0 Å². The molecule has 0 atom stereocenters. The Morgan fingerprint density at radius 2 is 1.93 bits per heavy atom. The van der Waals surface area contributed by atoms with Gasteiger partial charge in [-0.25, -0.2) is 0 Å². The topological polar surface area (TPSA) is 41.6 Å². The first kappa shape index (κ1) is 19.3. The summed E-state index contributed by atoms with van der Waals surface area (Å²) in [6.45, 7) is 4.40. The quantitative estimate of drug-likeness (QED) is 0.825. The average Bonchev–Trinajstić information content (AvgIpc) is 3.16. The van der Waals surface area contributed by atoms with Crippen LogP contribution in [0.4, 0.5) is 0 Å². The predicted octanol–water partition coefficient (Wildman–Crippen LogP) is 4.06. The van der Waals surface area contributed by atoms with Gasteiger partial charge in [0.25, 0.3) is 0 Å². The van der Waals surface area contributed by atoms with Crippen LogP contribution in [0.25, 0.3) is 0 Å². The number of likely N-dealkylation sites (tertiary alicyclic amines) is 1. The second-order valence-corrected chi connectivity index (χ2v) is 8.42. The van der Waals surface area contributed by atoms with Crippen LogP contribution in [0.15, 0.2) is 48.5 Å². The fourth-order valence-electron chi connectivity index (χ4n) is 4.26. The third-order valence-electron chi connectivity index (χ3n) is 6.11. The van der Waals surface area contributed by atoms with Crippen molar-refractivity contribution in [2.24, 2.45) is 5.41 Å². The zero-order valence-electron chi connectivity index (χ0n) is 16.1.